The third-order valence-corrected chi connectivity index (χ3v) is 2.68. The Hall–Kier alpha value is -0.950. The molecule has 0 spiro atoms. The summed E-state index contributed by atoms with van der Waals surface area (Å²) in [4.78, 5) is 1.06. The summed E-state index contributed by atoms with van der Waals surface area (Å²) in [7, 11) is 1.87. The molecule has 4 heteroatoms. The van der Waals surface area contributed by atoms with Crippen molar-refractivity contribution in [2.45, 2.75) is 23.5 Å². The fraction of sp³-hybridized carbons (Fsp3) is 0.500. The van der Waals surface area contributed by atoms with Crippen molar-refractivity contribution in [3.05, 3.63) is 12.4 Å². The zero-order chi connectivity index (χ0) is 8.97. The molecular weight excluding hydrogens is 170 g/mol. The fourth-order valence-corrected chi connectivity index (χ4v) is 1.69. The van der Waals surface area contributed by atoms with Gasteiger partial charge in [-0.2, -0.15) is 10.4 Å². The Morgan fingerprint density at radius 3 is 3.00 bits per heavy atom. The second-order valence-electron chi connectivity index (χ2n) is 2.49. The number of nitriles is 1. The predicted molar refractivity (Wildman–Crippen MR) is 48.8 cm³/mol. The summed E-state index contributed by atoms with van der Waals surface area (Å²) in [6.07, 6.45) is 4.57. The molecule has 0 aromatic carbocycles. The Kier molecular flexibility index (Phi) is 3.18. The summed E-state index contributed by atoms with van der Waals surface area (Å²) >= 11 is 1.57. The first-order valence-corrected chi connectivity index (χ1v) is 4.69. The van der Waals surface area contributed by atoms with E-state index in [0.717, 1.165) is 11.3 Å². The molecule has 0 aliphatic carbocycles. The van der Waals surface area contributed by atoms with Crippen molar-refractivity contribution >= 4 is 11.8 Å². The Bertz CT molecular complexity index is 287. The minimum atomic E-state index is 0.0502. The number of hydrogen-bond acceptors (Lipinski definition) is 3. The Labute approximate surface area is 76.4 Å². The molecule has 0 bridgehead atoms. The van der Waals surface area contributed by atoms with Gasteiger partial charge in [0.15, 0.2) is 0 Å². The quantitative estimate of drug-likeness (QED) is 0.668. The molecule has 1 atom stereocenters. The highest BCUT2D eigenvalue weighted by molar-refractivity contribution is 8.00. The van der Waals surface area contributed by atoms with Gasteiger partial charge in [-0.15, -0.1) is 11.8 Å². The Balaban J connectivity index is 2.58. The van der Waals surface area contributed by atoms with Crippen LogP contribution in [0.4, 0.5) is 0 Å². The van der Waals surface area contributed by atoms with Crippen molar-refractivity contribution in [3.63, 3.8) is 0 Å². The van der Waals surface area contributed by atoms with Gasteiger partial charge in [0.1, 0.15) is 0 Å². The van der Waals surface area contributed by atoms with Gasteiger partial charge in [0, 0.05) is 18.1 Å². The molecule has 1 aromatic rings. The fourth-order valence-electron chi connectivity index (χ4n) is 0.825. The van der Waals surface area contributed by atoms with E-state index in [1.54, 1.807) is 22.6 Å². The molecule has 64 valence electrons. The van der Waals surface area contributed by atoms with E-state index >= 15 is 0 Å². The van der Waals surface area contributed by atoms with Gasteiger partial charge in [0.25, 0.3) is 0 Å². The van der Waals surface area contributed by atoms with E-state index in [1.807, 2.05) is 20.2 Å². The highest BCUT2D eigenvalue weighted by atomic mass is 32.2. The molecule has 0 aliphatic heterocycles. The van der Waals surface area contributed by atoms with Gasteiger partial charge in [-0.1, -0.05) is 6.92 Å². The van der Waals surface area contributed by atoms with Crippen molar-refractivity contribution in [3.8, 4) is 6.07 Å². The smallest absolute Gasteiger partial charge is 0.0962 e. The number of nitrogens with zero attached hydrogens (tertiary/aromatic N) is 3. The maximum Gasteiger partial charge on any atom is 0.0962 e. The highest BCUT2D eigenvalue weighted by Crippen LogP contribution is 2.23. The van der Waals surface area contributed by atoms with Crippen LogP contribution >= 0.6 is 11.8 Å². The van der Waals surface area contributed by atoms with Gasteiger partial charge in [0.2, 0.25) is 0 Å². The topological polar surface area (TPSA) is 41.6 Å². The number of aromatic nitrogens is 2. The summed E-state index contributed by atoms with van der Waals surface area (Å²) in [6.45, 7) is 2.01. The maximum absolute atomic E-state index is 8.70. The normalized spacial score (nSPS) is 12.4. The number of hydrogen-bond donors (Lipinski definition) is 0. The molecular formula is C8H11N3S. The van der Waals surface area contributed by atoms with Crippen molar-refractivity contribution in [1.82, 2.24) is 9.78 Å². The average molecular weight is 181 g/mol. The third-order valence-electron chi connectivity index (χ3n) is 1.47. The molecule has 1 unspecified atom stereocenters. The summed E-state index contributed by atoms with van der Waals surface area (Å²) < 4.78 is 1.74. The molecule has 0 N–H and O–H groups in total. The molecule has 0 radical (unpaired) electrons. The molecule has 1 rings (SSSR count). The minimum Gasteiger partial charge on any atom is -0.275 e. The van der Waals surface area contributed by atoms with E-state index in [4.69, 9.17) is 5.26 Å². The Morgan fingerprint density at radius 2 is 2.58 bits per heavy atom. The van der Waals surface area contributed by atoms with Crippen LogP contribution in [0.25, 0.3) is 0 Å². The Morgan fingerprint density at radius 1 is 1.83 bits per heavy atom. The number of aryl methyl sites for hydroxylation is 1. The molecule has 0 aliphatic rings. The first-order valence-electron chi connectivity index (χ1n) is 3.81. The van der Waals surface area contributed by atoms with Crippen LogP contribution in [-0.2, 0) is 7.05 Å². The van der Waals surface area contributed by atoms with E-state index in [-0.39, 0.29) is 5.25 Å². The van der Waals surface area contributed by atoms with Crippen molar-refractivity contribution < 1.29 is 0 Å². The lowest BCUT2D eigenvalue weighted by Crippen LogP contribution is -1.94. The van der Waals surface area contributed by atoms with Crippen LogP contribution in [0.2, 0.25) is 0 Å². The molecule has 0 amide bonds. The third kappa shape index (κ3) is 2.28. The van der Waals surface area contributed by atoms with Gasteiger partial charge >= 0.3 is 0 Å². The maximum atomic E-state index is 8.70. The van der Waals surface area contributed by atoms with Crippen LogP contribution in [0.15, 0.2) is 17.3 Å². The van der Waals surface area contributed by atoms with E-state index < -0.39 is 0 Å². The van der Waals surface area contributed by atoms with Gasteiger partial charge in [-0.25, -0.2) is 0 Å². The lowest BCUT2D eigenvalue weighted by Gasteiger charge is -2.00. The van der Waals surface area contributed by atoms with Gasteiger partial charge in [-0.3, -0.25) is 4.68 Å². The van der Waals surface area contributed by atoms with Crippen molar-refractivity contribution in [1.29, 1.82) is 5.26 Å². The second-order valence-corrected chi connectivity index (χ2v) is 3.77. The summed E-state index contributed by atoms with van der Waals surface area (Å²) in [5.41, 5.74) is 0. The van der Waals surface area contributed by atoms with Crippen LogP contribution in [0.1, 0.15) is 13.3 Å². The molecule has 1 heterocycles. The van der Waals surface area contributed by atoms with E-state index in [1.165, 1.54) is 0 Å². The molecule has 1 aromatic heterocycles. The van der Waals surface area contributed by atoms with Gasteiger partial charge < -0.3 is 0 Å². The first-order chi connectivity index (χ1) is 5.76. The lowest BCUT2D eigenvalue weighted by molar-refractivity contribution is 0.766. The van der Waals surface area contributed by atoms with Crippen LogP contribution < -0.4 is 0 Å². The summed E-state index contributed by atoms with van der Waals surface area (Å²) in [5, 5.41) is 12.8. The molecule has 3 nitrogen and oxygen atoms in total. The molecule has 0 saturated carbocycles. The van der Waals surface area contributed by atoms with Crippen LogP contribution in [-0.4, -0.2) is 15.0 Å². The number of rotatable bonds is 3. The summed E-state index contributed by atoms with van der Waals surface area (Å²) in [6, 6.07) is 2.24. The SMILES string of the molecule is CCC(C#N)Sc1cnn(C)c1. The van der Waals surface area contributed by atoms with Gasteiger partial charge in [0.05, 0.1) is 17.5 Å². The van der Waals surface area contributed by atoms with Crippen LogP contribution in [0, 0.1) is 11.3 Å². The molecule has 12 heavy (non-hydrogen) atoms. The van der Waals surface area contributed by atoms with Crippen molar-refractivity contribution in [2.24, 2.45) is 7.05 Å². The lowest BCUT2D eigenvalue weighted by atomic mass is 10.4. The highest BCUT2D eigenvalue weighted by Gasteiger charge is 2.06. The molecule has 0 fully saturated rings. The standard InChI is InChI=1S/C8H11N3S/c1-3-7(4-9)12-8-5-10-11(2)6-8/h5-7H,3H2,1-2H3. The van der Waals surface area contributed by atoms with Gasteiger partial charge in [-0.05, 0) is 6.42 Å². The van der Waals surface area contributed by atoms with E-state index in [9.17, 15) is 0 Å². The zero-order valence-electron chi connectivity index (χ0n) is 7.19. The molecule has 0 saturated heterocycles. The average Bonchev–Trinajstić information content (AvgIpc) is 2.47. The predicted octanol–water partition coefficient (Wildman–Crippen LogP) is 1.81. The van der Waals surface area contributed by atoms with E-state index in [2.05, 4.69) is 11.2 Å². The first kappa shape index (κ1) is 9.14. The van der Waals surface area contributed by atoms with Crippen molar-refractivity contribution in [2.75, 3.05) is 0 Å². The largest absolute Gasteiger partial charge is 0.275 e. The summed E-state index contributed by atoms with van der Waals surface area (Å²) in [5.74, 6) is 0. The number of thioether (sulfide) groups is 1. The van der Waals surface area contributed by atoms with E-state index in [0.29, 0.717) is 0 Å². The van der Waals surface area contributed by atoms with Crippen LogP contribution in [0.5, 0.6) is 0 Å². The zero-order valence-corrected chi connectivity index (χ0v) is 8.01. The monoisotopic (exact) mass is 181 g/mol. The second kappa shape index (κ2) is 4.17. The van der Waals surface area contributed by atoms with Crippen LogP contribution in [0.3, 0.4) is 0 Å². The minimum absolute atomic E-state index is 0.0502.